The lowest BCUT2D eigenvalue weighted by Gasteiger charge is -2.21. The van der Waals surface area contributed by atoms with E-state index in [0.717, 1.165) is 23.7 Å². The number of rotatable bonds is 8. The molecule has 0 saturated carbocycles. The van der Waals surface area contributed by atoms with E-state index in [2.05, 4.69) is 49.9 Å². The molecule has 0 spiro atoms. The Kier molecular flexibility index (Phi) is 7.05. The lowest BCUT2D eigenvalue weighted by molar-refractivity contribution is 0.171. The molecule has 1 aromatic rings. The Morgan fingerprint density at radius 3 is 2.52 bits per heavy atom. The van der Waals surface area contributed by atoms with Crippen LogP contribution < -0.4 is 10.1 Å². The molecular weight excluding hydrogens is 266 g/mol. The van der Waals surface area contributed by atoms with E-state index in [0.29, 0.717) is 25.7 Å². The van der Waals surface area contributed by atoms with E-state index in [1.54, 1.807) is 13.3 Å². The summed E-state index contributed by atoms with van der Waals surface area (Å²) in [6.45, 7) is 12.6. The fourth-order valence-corrected chi connectivity index (χ4v) is 1.68. The van der Waals surface area contributed by atoms with Crippen molar-refractivity contribution >= 4 is 0 Å². The third-order valence-corrected chi connectivity index (χ3v) is 2.90. The summed E-state index contributed by atoms with van der Waals surface area (Å²) < 4.78 is 10.8. The molecule has 0 amide bonds. The zero-order valence-electron chi connectivity index (χ0n) is 14.2. The van der Waals surface area contributed by atoms with Gasteiger partial charge in [0.1, 0.15) is 5.82 Å². The molecule has 1 rings (SSSR count). The molecule has 1 heterocycles. The van der Waals surface area contributed by atoms with Crippen molar-refractivity contribution in [2.75, 3.05) is 20.3 Å². The van der Waals surface area contributed by atoms with E-state index in [9.17, 15) is 0 Å². The van der Waals surface area contributed by atoms with Gasteiger partial charge >= 0.3 is 0 Å². The Bertz CT molecular complexity index is 428. The van der Waals surface area contributed by atoms with E-state index in [1.165, 1.54) is 0 Å². The molecule has 5 nitrogen and oxygen atoms in total. The fraction of sp³-hybridized carbons (Fsp3) is 0.750. The topological polar surface area (TPSA) is 56.3 Å². The number of ether oxygens (including phenoxy) is 2. The zero-order valence-corrected chi connectivity index (χ0v) is 14.2. The predicted octanol–water partition coefficient (Wildman–Crippen LogP) is 2.90. The van der Waals surface area contributed by atoms with Crippen LogP contribution in [0.3, 0.4) is 0 Å². The van der Waals surface area contributed by atoms with Crippen molar-refractivity contribution in [3.05, 3.63) is 17.7 Å². The van der Waals surface area contributed by atoms with Crippen molar-refractivity contribution < 1.29 is 9.47 Å². The lowest BCUT2D eigenvalue weighted by Crippen LogP contribution is -2.35. The number of aromatic nitrogens is 2. The molecule has 0 radical (unpaired) electrons. The zero-order chi connectivity index (χ0) is 15.9. The highest BCUT2D eigenvalue weighted by Gasteiger charge is 2.14. The first kappa shape index (κ1) is 17.9. The van der Waals surface area contributed by atoms with Crippen LogP contribution in [0.15, 0.2) is 6.20 Å². The predicted molar refractivity (Wildman–Crippen MR) is 84.7 cm³/mol. The van der Waals surface area contributed by atoms with E-state index < -0.39 is 0 Å². The molecule has 0 saturated heterocycles. The Morgan fingerprint density at radius 2 is 1.95 bits per heavy atom. The molecule has 0 atom stereocenters. The van der Waals surface area contributed by atoms with Gasteiger partial charge in [-0.15, -0.1) is 0 Å². The second-order valence-corrected chi connectivity index (χ2v) is 6.49. The highest BCUT2D eigenvalue weighted by Crippen LogP contribution is 2.19. The van der Waals surface area contributed by atoms with Crippen LogP contribution in [0.25, 0.3) is 0 Å². The minimum atomic E-state index is 0.0380. The maximum Gasteiger partial charge on any atom is 0.160 e. The van der Waals surface area contributed by atoms with Crippen molar-refractivity contribution in [2.45, 2.75) is 59.0 Å². The minimum Gasteiger partial charge on any atom is -0.490 e. The molecule has 1 aromatic heterocycles. The van der Waals surface area contributed by atoms with E-state index >= 15 is 0 Å². The molecule has 0 unspecified atom stereocenters. The highest BCUT2D eigenvalue weighted by molar-refractivity contribution is 5.25. The summed E-state index contributed by atoms with van der Waals surface area (Å²) in [7, 11) is 1.69. The average molecular weight is 295 g/mol. The second kappa shape index (κ2) is 8.29. The third-order valence-electron chi connectivity index (χ3n) is 2.90. The number of hydrogen-bond donors (Lipinski definition) is 1. The molecule has 0 bridgehead atoms. The van der Waals surface area contributed by atoms with Crippen LogP contribution in [0.4, 0.5) is 0 Å². The van der Waals surface area contributed by atoms with Crippen LogP contribution in [-0.4, -0.2) is 35.8 Å². The molecule has 0 aliphatic rings. The van der Waals surface area contributed by atoms with Crippen LogP contribution in [0.1, 0.15) is 58.5 Å². The van der Waals surface area contributed by atoms with Gasteiger partial charge in [0.05, 0.1) is 18.5 Å². The molecular formula is C16H29N3O2. The van der Waals surface area contributed by atoms with Gasteiger partial charge in [-0.3, -0.25) is 0 Å². The molecule has 1 N–H and O–H groups in total. The Balaban J connectivity index is 2.79. The summed E-state index contributed by atoms with van der Waals surface area (Å²) in [5.41, 5.74) is 0.956. The van der Waals surface area contributed by atoms with Gasteiger partial charge in [-0.25, -0.2) is 9.97 Å². The summed E-state index contributed by atoms with van der Waals surface area (Å²) in [4.78, 5) is 9.03. The largest absolute Gasteiger partial charge is 0.490 e. The van der Waals surface area contributed by atoms with Crippen LogP contribution in [0.5, 0.6) is 5.75 Å². The van der Waals surface area contributed by atoms with Crippen LogP contribution in [0, 0.1) is 0 Å². The van der Waals surface area contributed by atoms with Gasteiger partial charge in [0, 0.05) is 38.1 Å². The van der Waals surface area contributed by atoms with Gasteiger partial charge in [0.25, 0.3) is 0 Å². The Morgan fingerprint density at radius 1 is 1.24 bits per heavy atom. The first-order valence-corrected chi connectivity index (χ1v) is 7.56. The smallest absolute Gasteiger partial charge is 0.160 e. The number of nitrogens with zero attached hydrogens (tertiary/aromatic N) is 2. The third kappa shape index (κ3) is 6.87. The van der Waals surface area contributed by atoms with Crippen LogP contribution >= 0.6 is 0 Å². The molecule has 5 heteroatoms. The Labute approximate surface area is 128 Å². The van der Waals surface area contributed by atoms with Gasteiger partial charge < -0.3 is 14.8 Å². The first-order chi connectivity index (χ1) is 9.83. The standard InChI is InChI=1S/C16H29N3O2/c1-12(2)15-17-11-14(21-9-7-8-20-6)13(19-15)10-18-16(3,4)5/h11-12,18H,7-10H2,1-6H3. The quantitative estimate of drug-likeness (QED) is 0.747. The highest BCUT2D eigenvalue weighted by atomic mass is 16.5. The monoisotopic (exact) mass is 295 g/mol. The average Bonchev–Trinajstić information content (AvgIpc) is 2.41. The normalized spacial score (nSPS) is 12.0. The number of methoxy groups -OCH3 is 1. The van der Waals surface area contributed by atoms with Gasteiger partial charge in [-0.05, 0) is 20.8 Å². The second-order valence-electron chi connectivity index (χ2n) is 6.49. The molecule has 120 valence electrons. The molecule has 0 fully saturated rings. The summed E-state index contributed by atoms with van der Waals surface area (Å²) >= 11 is 0. The van der Waals surface area contributed by atoms with Crippen molar-refractivity contribution in [3.63, 3.8) is 0 Å². The van der Waals surface area contributed by atoms with Gasteiger partial charge in [-0.2, -0.15) is 0 Å². The van der Waals surface area contributed by atoms with E-state index in [4.69, 9.17) is 9.47 Å². The van der Waals surface area contributed by atoms with Gasteiger partial charge in [-0.1, -0.05) is 13.8 Å². The minimum absolute atomic E-state index is 0.0380. The summed E-state index contributed by atoms with van der Waals surface area (Å²) in [6, 6.07) is 0. The number of nitrogens with one attached hydrogen (secondary N) is 1. The molecule has 21 heavy (non-hydrogen) atoms. The molecule has 0 aromatic carbocycles. The van der Waals surface area contributed by atoms with Gasteiger partial charge in [0.15, 0.2) is 5.75 Å². The fourth-order valence-electron chi connectivity index (χ4n) is 1.68. The van der Waals surface area contributed by atoms with Crippen molar-refractivity contribution in [2.24, 2.45) is 0 Å². The molecule has 0 aliphatic heterocycles. The van der Waals surface area contributed by atoms with Gasteiger partial charge in [0.2, 0.25) is 0 Å². The van der Waals surface area contributed by atoms with Crippen molar-refractivity contribution in [3.8, 4) is 5.75 Å². The van der Waals surface area contributed by atoms with Crippen LogP contribution in [-0.2, 0) is 11.3 Å². The summed E-state index contributed by atoms with van der Waals surface area (Å²) in [5, 5.41) is 3.45. The summed E-state index contributed by atoms with van der Waals surface area (Å²) in [5.74, 6) is 1.91. The van der Waals surface area contributed by atoms with Crippen molar-refractivity contribution in [1.29, 1.82) is 0 Å². The maximum absolute atomic E-state index is 5.79. The number of hydrogen-bond acceptors (Lipinski definition) is 5. The van der Waals surface area contributed by atoms with E-state index in [1.807, 2.05) is 0 Å². The summed E-state index contributed by atoms with van der Waals surface area (Å²) in [6.07, 6.45) is 2.64. The van der Waals surface area contributed by atoms with Crippen LogP contribution in [0.2, 0.25) is 0 Å². The SMILES string of the molecule is COCCCOc1cnc(C(C)C)nc1CNC(C)(C)C. The first-order valence-electron chi connectivity index (χ1n) is 7.56. The van der Waals surface area contributed by atoms with Crippen molar-refractivity contribution in [1.82, 2.24) is 15.3 Å². The molecule has 0 aliphatic carbocycles. The lowest BCUT2D eigenvalue weighted by atomic mass is 10.1. The van der Waals surface area contributed by atoms with E-state index in [-0.39, 0.29) is 5.54 Å². The maximum atomic E-state index is 5.79. The Hall–Kier alpha value is -1.20.